The lowest BCUT2D eigenvalue weighted by atomic mass is 10.1. The Morgan fingerprint density at radius 1 is 1.07 bits per heavy atom. The van der Waals surface area contributed by atoms with Gasteiger partial charge in [0, 0.05) is 25.0 Å². The van der Waals surface area contributed by atoms with E-state index in [1.807, 2.05) is 20.8 Å². The van der Waals surface area contributed by atoms with Gasteiger partial charge in [0.15, 0.2) is 6.61 Å². The summed E-state index contributed by atoms with van der Waals surface area (Å²) in [5, 5.41) is 2.71. The standard InChI is InChI=1S/C19H30N2O5S/c1-6-21(7-2)27(24,25)16-11-8-15(9-12-16)10-13-18(23)26-14-17(22)20-19(3,4)5/h8-9,11-12H,6-7,10,13-14H2,1-5H3,(H,20,22). The van der Waals surface area contributed by atoms with Crippen LogP contribution in [0.5, 0.6) is 0 Å². The molecule has 0 aromatic heterocycles. The zero-order chi connectivity index (χ0) is 20.7. The average Bonchev–Trinajstić information content (AvgIpc) is 2.58. The van der Waals surface area contributed by atoms with Gasteiger partial charge in [0.25, 0.3) is 5.91 Å². The van der Waals surface area contributed by atoms with E-state index in [-0.39, 0.29) is 29.4 Å². The predicted molar refractivity (Wildman–Crippen MR) is 104 cm³/mol. The first-order valence-corrected chi connectivity index (χ1v) is 10.5. The van der Waals surface area contributed by atoms with Crippen molar-refractivity contribution in [2.75, 3.05) is 19.7 Å². The van der Waals surface area contributed by atoms with Gasteiger partial charge in [-0.15, -0.1) is 0 Å². The zero-order valence-corrected chi connectivity index (χ0v) is 17.6. The molecule has 0 aliphatic carbocycles. The van der Waals surface area contributed by atoms with Crippen LogP contribution < -0.4 is 5.32 Å². The van der Waals surface area contributed by atoms with Crippen molar-refractivity contribution in [3.63, 3.8) is 0 Å². The monoisotopic (exact) mass is 398 g/mol. The van der Waals surface area contributed by atoms with Gasteiger partial charge in [0.05, 0.1) is 4.90 Å². The summed E-state index contributed by atoms with van der Waals surface area (Å²) in [5.74, 6) is -0.819. The van der Waals surface area contributed by atoms with E-state index in [2.05, 4.69) is 5.32 Å². The van der Waals surface area contributed by atoms with Crippen molar-refractivity contribution in [2.45, 2.75) is 57.9 Å². The van der Waals surface area contributed by atoms with Crippen LogP contribution in [0.1, 0.15) is 46.6 Å². The van der Waals surface area contributed by atoms with E-state index in [9.17, 15) is 18.0 Å². The second kappa shape index (κ2) is 9.85. The van der Waals surface area contributed by atoms with E-state index < -0.39 is 16.0 Å². The van der Waals surface area contributed by atoms with Crippen molar-refractivity contribution in [3.8, 4) is 0 Å². The summed E-state index contributed by atoms with van der Waals surface area (Å²) < 4.78 is 31.2. The van der Waals surface area contributed by atoms with E-state index in [4.69, 9.17) is 4.74 Å². The maximum Gasteiger partial charge on any atom is 0.306 e. The summed E-state index contributed by atoms with van der Waals surface area (Å²) in [6.07, 6.45) is 0.524. The Hall–Kier alpha value is -1.93. The van der Waals surface area contributed by atoms with Gasteiger partial charge in [-0.25, -0.2) is 8.42 Å². The largest absolute Gasteiger partial charge is 0.456 e. The molecule has 0 radical (unpaired) electrons. The Morgan fingerprint density at radius 2 is 1.63 bits per heavy atom. The highest BCUT2D eigenvalue weighted by molar-refractivity contribution is 7.89. The number of sulfonamides is 1. The number of amides is 1. The summed E-state index contributed by atoms with van der Waals surface area (Å²) in [6.45, 7) is 9.64. The average molecular weight is 399 g/mol. The summed E-state index contributed by atoms with van der Waals surface area (Å²) in [5.41, 5.74) is 0.445. The molecule has 1 aromatic rings. The minimum atomic E-state index is -3.49. The maximum absolute atomic E-state index is 12.4. The molecule has 0 saturated carbocycles. The number of benzene rings is 1. The van der Waals surface area contributed by atoms with Crippen LogP contribution in [0.15, 0.2) is 29.2 Å². The van der Waals surface area contributed by atoms with Gasteiger partial charge in [-0.1, -0.05) is 26.0 Å². The Morgan fingerprint density at radius 3 is 2.11 bits per heavy atom. The second-order valence-corrected chi connectivity index (χ2v) is 9.13. The van der Waals surface area contributed by atoms with E-state index in [1.54, 1.807) is 38.1 Å². The van der Waals surface area contributed by atoms with Crippen LogP contribution >= 0.6 is 0 Å². The summed E-state index contributed by atoms with van der Waals surface area (Å²) in [7, 11) is -3.49. The molecule has 7 nitrogen and oxygen atoms in total. The second-order valence-electron chi connectivity index (χ2n) is 7.19. The third-order valence-electron chi connectivity index (χ3n) is 3.76. The Kier molecular flexibility index (Phi) is 8.43. The molecule has 0 spiro atoms. The van der Waals surface area contributed by atoms with Crippen LogP contribution in [0.25, 0.3) is 0 Å². The van der Waals surface area contributed by atoms with Crippen molar-refractivity contribution < 1.29 is 22.7 Å². The molecule has 1 aromatic carbocycles. The summed E-state index contributed by atoms with van der Waals surface area (Å²) in [4.78, 5) is 23.6. The van der Waals surface area contributed by atoms with Crippen LogP contribution in [0.2, 0.25) is 0 Å². The van der Waals surface area contributed by atoms with E-state index >= 15 is 0 Å². The quantitative estimate of drug-likeness (QED) is 0.643. The number of hydrogen-bond donors (Lipinski definition) is 1. The number of nitrogens with zero attached hydrogens (tertiary/aromatic N) is 1. The van der Waals surface area contributed by atoms with Crippen molar-refractivity contribution in [1.82, 2.24) is 9.62 Å². The minimum Gasteiger partial charge on any atom is -0.456 e. The van der Waals surface area contributed by atoms with Gasteiger partial charge in [-0.2, -0.15) is 4.31 Å². The van der Waals surface area contributed by atoms with Gasteiger partial charge in [0.2, 0.25) is 10.0 Å². The topological polar surface area (TPSA) is 92.8 Å². The third kappa shape index (κ3) is 7.68. The van der Waals surface area contributed by atoms with Gasteiger partial charge in [-0.05, 0) is 44.9 Å². The molecule has 0 atom stereocenters. The number of aryl methyl sites for hydroxylation is 1. The Labute approximate surface area is 162 Å². The first-order chi connectivity index (χ1) is 12.5. The SMILES string of the molecule is CCN(CC)S(=O)(=O)c1ccc(CCC(=O)OCC(=O)NC(C)(C)C)cc1. The molecule has 27 heavy (non-hydrogen) atoms. The maximum atomic E-state index is 12.4. The molecule has 0 aliphatic heterocycles. The lowest BCUT2D eigenvalue weighted by molar-refractivity contribution is -0.148. The molecule has 1 N–H and O–H groups in total. The number of hydrogen-bond acceptors (Lipinski definition) is 5. The molecule has 0 heterocycles. The predicted octanol–water partition coefficient (Wildman–Crippen LogP) is 2.11. The number of carbonyl (C=O) groups is 2. The number of esters is 1. The number of ether oxygens (including phenoxy) is 1. The zero-order valence-electron chi connectivity index (χ0n) is 16.7. The first-order valence-electron chi connectivity index (χ1n) is 9.05. The molecule has 0 bridgehead atoms. The molecule has 1 amide bonds. The lowest BCUT2D eigenvalue weighted by Crippen LogP contribution is -2.42. The highest BCUT2D eigenvalue weighted by Gasteiger charge is 2.21. The highest BCUT2D eigenvalue weighted by atomic mass is 32.2. The lowest BCUT2D eigenvalue weighted by Gasteiger charge is -2.20. The summed E-state index contributed by atoms with van der Waals surface area (Å²) >= 11 is 0. The molecule has 152 valence electrons. The van der Waals surface area contributed by atoms with E-state index in [0.717, 1.165) is 5.56 Å². The Bertz CT molecular complexity index is 732. The number of rotatable bonds is 9. The molecule has 0 unspecified atom stereocenters. The van der Waals surface area contributed by atoms with Crippen LogP contribution in [-0.2, 0) is 30.8 Å². The molecular formula is C19H30N2O5S. The van der Waals surface area contributed by atoms with Crippen molar-refractivity contribution >= 4 is 21.9 Å². The van der Waals surface area contributed by atoms with E-state index in [1.165, 1.54) is 4.31 Å². The van der Waals surface area contributed by atoms with Crippen LogP contribution in [0, 0.1) is 0 Å². The smallest absolute Gasteiger partial charge is 0.306 e. The van der Waals surface area contributed by atoms with Gasteiger partial charge in [-0.3, -0.25) is 9.59 Å². The van der Waals surface area contributed by atoms with Crippen LogP contribution in [0.4, 0.5) is 0 Å². The molecule has 8 heteroatoms. The van der Waals surface area contributed by atoms with Crippen LogP contribution in [-0.4, -0.2) is 49.8 Å². The first kappa shape index (κ1) is 23.1. The molecular weight excluding hydrogens is 368 g/mol. The normalized spacial score (nSPS) is 12.1. The van der Waals surface area contributed by atoms with Crippen molar-refractivity contribution in [2.24, 2.45) is 0 Å². The fourth-order valence-corrected chi connectivity index (χ4v) is 3.92. The van der Waals surface area contributed by atoms with Gasteiger partial charge in [0.1, 0.15) is 0 Å². The van der Waals surface area contributed by atoms with Gasteiger partial charge >= 0.3 is 5.97 Å². The van der Waals surface area contributed by atoms with Crippen molar-refractivity contribution in [3.05, 3.63) is 29.8 Å². The fourth-order valence-electron chi connectivity index (χ4n) is 2.46. The number of nitrogens with one attached hydrogen (secondary N) is 1. The van der Waals surface area contributed by atoms with E-state index in [0.29, 0.717) is 19.5 Å². The third-order valence-corrected chi connectivity index (χ3v) is 5.83. The molecule has 0 aliphatic rings. The summed E-state index contributed by atoms with van der Waals surface area (Å²) in [6, 6.07) is 6.47. The molecule has 0 saturated heterocycles. The highest BCUT2D eigenvalue weighted by Crippen LogP contribution is 2.17. The minimum absolute atomic E-state index is 0.116. The number of carbonyl (C=O) groups excluding carboxylic acids is 2. The van der Waals surface area contributed by atoms with Crippen molar-refractivity contribution in [1.29, 1.82) is 0 Å². The molecule has 1 rings (SSSR count). The Balaban J connectivity index is 2.55. The fraction of sp³-hybridized carbons (Fsp3) is 0.579. The van der Waals surface area contributed by atoms with Crippen LogP contribution in [0.3, 0.4) is 0 Å². The van der Waals surface area contributed by atoms with Gasteiger partial charge < -0.3 is 10.1 Å². The molecule has 0 fully saturated rings.